The SMILES string of the molecule is Cc1ccc(CN(C)c2ccc(C(C)O)cc2Cl)cc1. The number of hydrogen-bond acceptors (Lipinski definition) is 2. The fraction of sp³-hybridized carbons (Fsp3) is 0.294. The van der Waals surface area contributed by atoms with Gasteiger partial charge in [0.15, 0.2) is 0 Å². The molecule has 0 radical (unpaired) electrons. The van der Waals surface area contributed by atoms with Crippen LogP contribution in [0.4, 0.5) is 5.69 Å². The molecular formula is C17H20ClNO. The summed E-state index contributed by atoms with van der Waals surface area (Å²) in [5.74, 6) is 0. The Bertz CT molecular complexity index is 578. The summed E-state index contributed by atoms with van der Waals surface area (Å²) in [7, 11) is 2.02. The van der Waals surface area contributed by atoms with Crippen molar-refractivity contribution in [2.45, 2.75) is 26.5 Å². The maximum Gasteiger partial charge on any atom is 0.0762 e. The highest BCUT2D eigenvalue weighted by Gasteiger charge is 2.09. The first-order chi connectivity index (χ1) is 9.47. The molecular weight excluding hydrogens is 270 g/mol. The van der Waals surface area contributed by atoms with Gasteiger partial charge in [-0.05, 0) is 37.1 Å². The molecule has 0 aliphatic heterocycles. The third-order valence-corrected chi connectivity index (χ3v) is 3.71. The van der Waals surface area contributed by atoms with E-state index in [9.17, 15) is 5.11 Å². The van der Waals surface area contributed by atoms with Gasteiger partial charge in [-0.3, -0.25) is 0 Å². The second-order valence-corrected chi connectivity index (χ2v) is 5.64. The second kappa shape index (κ2) is 6.29. The minimum absolute atomic E-state index is 0.496. The van der Waals surface area contributed by atoms with Gasteiger partial charge in [-0.1, -0.05) is 47.5 Å². The van der Waals surface area contributed by atoms with Crippen molar-refractivity contribution in [3.63, 3.8) is 0 Å². The van der Waals surface area contributed by atoms with Crippen LogP contribution in [0.3, 0.4) is 0 Å². The molecule has 0 aliphatic carbocycles. The lowest BCUT2D eigenvalue weighted by atomic mass is 10.1. The highest BCUT2D eigenvalue weighted by Crippen LogP contribution is 2.29. The largest absolute Gasteiger partial charge is 0.389 e. The topological polar surface area (TPSA) is 23.5 Å². The molecule has 20 heavy (non-hydrogen) atoms. The van der Waals surface area contributed by atoms with Gasteiger partial charge < -0.3 is 10.0 Å². The number of nitrogens with zero attached hydrogens (tertiary/aromatic N) is 1. The molecule has 2 aromatic rings. The molecule has 106 valence electrons. The van der Waals surface area contributed by atoms with Crippen molar-refractivity contribution in [3.05, 3.63) is 64.2 Å². The summed E-state index contributed by atoms with van der Waals surface area (Å²) in [4.78, 5) is 2.11. The summed E-state index contributed by atoms with van der Waals surface area (Å²) in [5.41, 5.74) is 4.31. The Morgan fingerprint density at radius 3 is 2.35 bits per heavy atom. The summed E-state index contributed by atoms with van der Waals surface area (Å²) in [5, 5.41) is 10.2. The van der Waals surface area contributed by atoms with E-state index in [1.165, 1.54) is 11.1 Å². The summed E-state index contributed by atoms with van der Waals surface area (Å²) >= 11 is 6.31. The van der Waals surface area contributed by atoms with E-state index < -0.39 is 6.10 Å². The van der Waals surface area contributed by atoms with E-state index in [1.807, 2.05) is 25.2 Å². The lowest BCUT2D eigenvalue weighted by Crippen LogP contribution is -2.16. The molecule has 0 spiro atoms. The smallest absolute Gasteiger partial charge is 0.0762 e. The molecule has 1 atom stereocenters. The third-order valence-electron chi connectivity index (χ3n) is 3.41. The first-order valence-corrected chi connectivity index (χ1v) is 7.09. The number of aliphatic hydroxyl groups excluding tert-OH is 1. The summed E-state index contributed by atoms with van der Waals surface area (Å²) in [6.45, 7) is 4.62. The Balaban J connectivity index is 2.16. The standard InChI is InChI=1S/C17H20ClNO/c1-12-4-6-14(7-5-12)11-19(3)17-9-8-15(13(2)20)10-16(17)18/h4-10,13,20H,11H2,1-3H3. The van der Waals surface area contributed by atoms with Crippen LogP contribution in [-0.4, -0.2) is 12.2 Å². The Labute approximate surface area is 125 Å². The van der Waals surface area contributed by atoms with Gasteiger partial charge in [-0.2, -0.15) is 0 Å². The summed E-state index contributed by atoms with van der Waals surface area (Å²) < 4.78 is 0. The normalized spacial score (nSPS) is 12.2. The predicted molar refractivity (Wildman–Crippen MR) is 85.4 cm³/mol. The van der Waals surface area contributed by atoms with Crippen LogP contribution in [0.15, 0.2) is 42.5 Å². The monoisotopic (exact) mass is 289 g/mol. The van der Waals surface area contributed by atoms with Gasteiger partial charge in [0.25, 0.3) is 0 Å². The first kappa shape index (κ1) is 14.9. The number of anilines is 1. The number of benzene rings is 2. The van der Waals surface area contributed by atoms with Crippen LogP contribution in [0.25, 0.3) is 0 Å². The van der Waals surface area contributed by atoms with E-state index in [4.69, 9.17) is 11.6 Å². The molecule has 1 N–H and O–H groups in total. The van der Waals surface area contributed by atoms with Crippen LogP contribution in [0, 0.1) is 6.92 Å². The average Bonchev–Trinajstić information content (AvgIpc) is 2.41. The van der Waals surface area contributed by atoms with Crippen LogP contribution in [0.2, 0.25) is 5.02 Å². The molecule has 2 nitrogen and oxygen atoms in total. The van der Waals surface area contributed by atoms with Crippen molar-refractivity contribution in [2.75, 3.05) is 11.9 Å². The summed E-state index contributed by atoms with van der Waals surface area (Å²) in [6, 6.07) is 14.2. The molecule has 0 fully saturated rings. The van der Waals surface area contributed by atoms with Crippen LogP contribution in [0.5, 0.6) is 0 Å². The minimum atomic E-state index is -0.496. The molecule has 2 aromatic carbocycles. The quantitative estimate of drug-likeness (QED) is 0.905. The molecule has 0 aromatic heterocycles. The number of halogens is 1. The van der Waals surface area contributed by atoms with Crippen LogP contribution in [-0.2, 0) is 6.54 Å². The fourth-order valence-electron chi connectivity index (χ4n) is 2.15. The van der Waals surface area contributed by atoms with Gasteiger partial charge in [0.1, 0.15) is 0 Å². The lowest BCUT2D eigenvalue weighted by molar-refractivity contribution is 0.199. The van der Waals surface area contributed by atoms with E-state index in [2.05, 4.69) is 36.1 Å². The number of aryl methyl sites for hydroxylation is 1. The van der Waals surface area contributed by atoms with Crippen molar-refractivity contribution in [2.24, 2.45) is 0 Å². The van der Waals surface area contributed by atoms with Gasteiger partial charge in [-0.15, -0.1) is 0 Å². The average molecular weight is 290 g/mol. The van der Waals surface area contributed by atoms with Crippen molar-refractivity contribution < 1.29 is 5.11 Å². The highest BCUT2D eigenvalue weighted by molar-refractivity contribution is 6.33. The Kier molecular flexibility index (Phi) is 4.69. The molecule has 3 heteroatoms. The molecule has 1 unspecified atom stereocenters. The number of rotatable bonds is 4. The van der Waals surface area contributed by atoms with Gasteiger partial charge in [-0.25, -0.2) is 0 Å². The molecule has 0 saturated carbocycles. The maximum atomic E-state index is 9.57. The Morgan fingerprint density at radius 1 is 1.15 bits per heavy atom. The molecule has 2 rings (SSSR count). The Hall–Kier alpha value is -1.51. The molecule has 0 heterocycles. The zero-order valence-electron chi connectivity index (χ0n) is 12.1. The fourth-order valence-corrected chi connectivity index (χ4v) is 2.48. The van der Waals surface area contributed by atoms with Crippen molar-refractivity contribution in [3.8, 4) is 0 Å². The van der Waals surface area contributed by atoms with Crippen molar-refractivity contribution in [1.29, 1.82) is 0 Å². The minimum Gasteiger partial charge on any atom is -0.389 e. The zero-order chi connectivity index (χ0) is 14.7. The van der Waals surface area contributed by atoms with Gasteiger partial charge in [0, 0.05) is 13.6 Å². The number of aliphatic hydroxyl groups is 1. The lowest BCUT2D eigenvalue weighted by Gasteiger charge is -2.21. The zero-order valence-corrected chi connectivity index (χ0v) is 12.9. The predicted octanol–water partition coefficient (Wildman–Crippen LogP) is 4.34. The van der Waals surface area contributed by atoms with E-state index >= 15 is 0 Å². The van der Waals surface area contributed by atoms with E-state index in [-0.39, 0.29) is 0 Å². The van der Waals surface area contributed by atoms with E-state index in [0.717, 1.165) is 17.8 Å². The first-order valence-electron chi connectivity index (χ1n) is 6.71. The van der Waals surface area contributed by atoms with E-state index in [1.54, 1.807) is 6.92 Å². The van der Waals surface area contributed by atoms with E-state index in [0.29, 0.717) is 5.02 Å². The van der Waals surface area contributed by atoms with Crippen molar-refractivity contribution >= 4 is 17.3 Å². The summed E-state index contributed by atoms with van der Waals surface area (Å²) in [6.07, 6.45) is -0.496. The molecule has 0 bridgehead atoms. The van der Waals surface area contributed by atoms with Crippen LogP contribution < -0.4 is 4.90 Å². The highest BCUT2D eigenvalue weighted by atomic mass is 35.5. The van der Waals surface area contributed by atoms with Gasteiger partial charge in [0.2, 0.25) is 0 Å². The van der Waals surface area contributed by atoms with Crippen LogP contribution in [0.1, 0.15) is 29.7 Å². The molecule has 0 saturated heterocycles. The maximum absolute atomic E-state index is 9.57. The third kappa shape index (κ3) is 3.53. The molecule has 0 amide bonds. The Morgan fingerprint density at radius 2 is 1.80 bits per heavy atom. The van der Waals surface area contributed by atoms with Crippen molar-refractivity contribution in [1.82, 2.24) is 0 Å². The number of hydrogen-bond donors (Lipinski definition) is 1. The van der Waals surface area contributed by atoms with Crippen LogP contribution >= 0.6 is 11.6 Å². The van der Waals surface area contributed by atoms with Gasteiger partial charge in [0.05, 0.1) is 16.8 Å². The molecule has 0 aliphatic rings. The van der Waals surface area contributed by atoms with Gasteiger partial charge >= 0.3 is 0 Å². The second-order valence-electron chi connectivity index (χ2n) is 5.23.